The van der Waals surface area contributed by atoms with Gasteiger partial charge in [-0.1, -0.05) is 18.2 Å². The molecule has 18 heavy (non-hydrogen) atoms. The SMILES string of the molecule is NN1CCCC(c2ccccc2OC(F)(F)F)C1. The molecule has 1 fully saturated rings. The molecule has 3 nitrogen and oxygen atoms in total. The fourth-order valence-electron chi connectivity index (χ4n) is 2.30. The molecule has 1 aromatic rings. The maximum atomic E-state index is 12.3. The van der Waals surface area contributed by atoms with Crippen molar-refractivity contribution in [3.8, 4) is 5.75 Å². The Morgan fingerprint density at radius 2 is 2.00 bits per heavy atom. The summed E-state index contributed by atoms with van der Waals surface area (Å²) in [6, 6.07) is 6.27. The molecule has 0 aliphatic carbocycles. The standard InChI is InChI=1S/C12H15F3N2O/c13-12(14,15)18-11-6-2-1-5-10(11)9-4-3-7-17(16)8-9/h1-2,5-6,9H,3-4,7-8,16H2. The lowest BCUT2D eigenvalue weighted by atomic mass is 9.91. The zero-order chi connectivity index (χ0) is 13.2. The average molecular weight is 260 g/mol. The molecule has 0 spiro atoms. The van der Waals surface area contributed by atoms with E-state index in [1.807, 2.05) is 0 Å². The molecule has 0 aromatic heterocycles. The Labute approximate surface area is 103 Å². The van der Waals surface area contributed by atoms with Gasteiger partial charge in [0.25, 0.3) is 0 Å². The smallest absolute Gasteiger partial charge is 0.405 e. The molecule has 2 N–H and O–H groups in total. The largest absolute Gasteiger partial charge is 0.573 e. The number of piperidine rings is 1. The molecule has 0 saturated carbocycles. The van der Waals surface area contributed by atoms with E-state index in [1.165, 1.54) is 12.1 Å². The Morgan fingerprint density at radius 3 is 2.67 bits per heavy atom. The maximum Gasteiger partial charge on any atom is 0.573 e. The van der Waals surface area contributed by atoms with Crippen LogP contribution in [0.1, 0.15) is 24.3 Å². The first-order valence-electron chi connectivity index (χ1n) is 5.80. The van der Waals surface area contributed by atoms with Crippen molar-refractivity contribution in [2.75, 3.05) is 13.1 Å². The third kappa shape index (κ3) is 3.36. The minimum atomic E-state index is -4.66. The van der Waals surface area contributed by atoms with Gasteiger partial charge in [-0.05, 0) is 24.5 Å². The van der Waals surface area contributed by atoms with Gasteiger partial charge in [-0.2, -0.15) is 0 Å². The Morgan fingerprint density at radius 1 is 1.28 bits per heavy atom. The Balaban J connectivity index is 2.21. The summed E-state index contributed by atoms with van der Waals surface area (Å²) in [5, 5.41) is 1.64. The van der Waals surface area contributed by atoms with Crippen molar-refractivity contribution < 1.29 is 17.9 Å². The van der Waals surface area contributed by atoms with E-state index in [9.17, 15) is 13.2 Å². The second kappa shape index (κ2) is 5.16. The van der Waals surface area contributed by atoms with Crippen LogP contribution in [0.2, 0.25) is 0 Å². The molecule has 0 bridgehead atoms. The highest BCUT2D eigenvalue weighted by molar-refractivity contribution is 5.36. The van der Waals surface area contributed by atoms with E-state index < -0.39 is 6.36 Å². The second-order valence-electron chi connectivity index (χ2n) is 4.42. The van der Waals surface area contributed by atoms with Gasteiger partial charge in [-0.3, -0.25) is 5.84 Å². The van der Waals surface area contributed by atoms with E-state index in [-0.39, 0.29) is 11.7 Å². The normalized spacial score (nSPS) is 21.9. The number of nitrogens with zero attached hydrogens (tertiary/aromatic N) is 1. The van der Waals surface area contributed by atoms with Gasteiger partial charge in [0, 0.05) is 19.0 Å². The summed E-state index contributed by atoms with van der Waals surface area (Å²) < 4.78 is 41.0. The van der Waals surface area contributed by atoms with Gasteiger partial charge in [-0.15, -0.1) is 13.2 Å². The highest BCUT2D eigenvalue weighted by Crippen LogP contribution is 2.35. The third-order valence-corrected chi connectivity index (χ3v) is 3.04. The Hall–Kier alpha value is -1.27. The minimum Gasteiger partial charge on any atom is -0.405 e. The van der Waals surface area contributed by atoms with Crippen LogP contribution < -0.4 is 10.6 Å². The molecular weight excluding hydrogens is 245 g/mol. The number of rotatable bonds is 2. The number of hydrogen-bond donors (Lipinski definition) is 1. The van der Waals surface area contributed by atoms with Crippen LogP contribution in [0.15, 0.2) is 24.3 Å². The van der Waals surface area contributed by atoms with Crippen molar-refractivity contribution in [3.63, 3.8) is 0 Å². The van der Waals surface area contributed by atoms with Crippen molar-refractivity contribution in [2.45, 2.75) is 25.1 Å². The van der Waals surface area contributed by atoms with Crippen LogP contribution in [-0.4, -0.2) is 24.5 Å². The number of hydrogen-bond acceptors (Lipinski definition) is 3. The fourth-order valence-corrected chi connectivity index (χ4v) is 2.30. The summed E-state index contributed by atoms with van der Waals surface area (Å²) in [6.07, 6.45) is -2.96. The topological polar surface area (TPSA) is 38.5 Å². The molecule has 1 aliphatic heterocycles. The molecule has 1 unspecified atom stereocenters. The number of benzene rings is 1. The highest BCUT2D eigenvalue weighted by Gasteiger charge is 2.33. The van der Waals surface area contributed by atoms with Crippen LogP contribution >= 0.6 is 0 Å². The van der Waals surface area contributed by atoms with Gasteiger partial charge < -0.3 is 4.74 Å². The average Bonchev–Trinajstić information content (AvgIpc) is 2.27. The maximum absolute atomic E-state index is 12.3. The number of ether oxygens (including phenoxy) is 1. The summed E-state index contributed by atoms with van der Waals surface area (Å²) >= 11 is 0. The molecule has 1 aliphatic rings. The molecule has 100 valence electrons. The van der Waals surface area contributed by atoms with Crippen molar-refractivity contribution >= 4 is 0 Å². The number of hydrazine groups is 1. The molecule has 0 radical (unpaired) electrons. The number of para-hydroxylation sites is 1. The molecular formula is C12H15F3N2O. The quantitative estimate of drug-likeness (QED) is 0.831. The lowest BCUT2D eigenvalue weighted by Gasteiger charge is -2.30. The Kier molecular flexibility index (Phi) is 3.77. The number of alkyl halides is 3. The van der Waals surface area contributed by atoms with Crippen molar-refractivity contribution in [1.82, 2.24) is 5.01 Å². The predicted octanol–water partition coefficient (Wildman–Crippen LogP) is 2.64. The van der Waals surface area contributed by atoms with Gasteiger partial charge in [0.05, 0.1) is 0 Å². The summed E-state index contributed by atoms with van der Waals surface area (Å²) in [6.45, 7) is 1.33. The molecule has 1 saturated heterocycles. The van der Waals surface area contributed by atoms with Crippen LogP contribution in [0.5, 0.6) is 5.75 Å². The summed E-state index contributed by atoms with van der Waals surface area (Å²) in [7, 11) is 0. The summed E-state index contributed by atoms with van der Waals surface area (Å²) in [4.78, 5) is 0. The zero-order valence-corrected chi connectivity index (χ0v) is 9.78. The summed E-state index contributed by atoms with van der Waals surface area (Å²) in [5.41, 5.74) is 0.574. The van der Waals surface area contributed by atoms with Crippen molar-refractivity contribution in [1.29, 1.82) is 0 Å². The lowest BCUT2D eigenvalue weighted by Crippen LogP contribution is -2.39. The first-order valence-corrected chi connectivity index (χ1v) is 5.80. The van der Waals surface area contributed by atoms with E-state index in [0.717, 1.165) is 19.4 Å². The molecule has 1 aromatic carbocycles. The van der Waals surface area contributed by atoms with Crippen LogP contribution in [-0.2, 0) is 0 Å². The minimum absolute atomic E-state index is 0.0118. The van der Waals surface area contributed by atoms with E-state index in [1.54, 1.807) is 17.1 Å². The first-order chi connectivity index (χ1) is 8.46. The molecule has 1 atom stereocenters. The van der Waals surface area contributed by atoms with Crippen molar-refractivity contribution in [3.05, 3.63) is 29.8 Å². The van der Waals surface area contributed by atoms with Gasteiger partial charge >= 0.3 is 6.36 Å². The number of nitrogens with two attached hydrogens (primary N) is 1. The van der Waals surface area contributed by atoms with Gasteiger partial charge in [0.15, 0.2) is 0 Å². The van der Waals surface area contributed by atoms with E-state index in [0.29, 0.717) is 12.1 Å². The van der Waals surface area contributed by atoms with Crippen LogP contribution in [0.3, 0.4) is 0 Å². The molecule has 1 heterocycles. The van der Waals surface area contributed by atoms with Crippen LogP contribution in [0.4, 0.5) is 13.2 Å². The van der Waals surface area contributed by atoms with E-state index >= 15 is 0 Å². The van der Waals surface area contributed by atoms with E-state index in [4.69, 9.17) is 5.84 Å². The number of halogens is 3. The predicted molar refractivity (Wildman–Crippen MR) is 60.9 cm³/mol. The van der Waals surface area contributed by atoms with Crippen LogP contribution in [0.25, 0.3) is 0 Å². The van der Waals surface area contributed by atoms with Crippen LogP contribution in [0, 0.1) is 0 Å². The monoisotopic (exact) mass is 260 g/mol. The van der Waals surface area contributed by atoms with Gasteiger partial charge in [-0.25, -0.2) is 5.01 Å². The summed E-state index contributed by atoms with van der Waals surface area (Å²) in [5.74, 6) is 5.58. The molecule has 2 rings (SSSR count). The molecule has 0 amide bonds. The van der Waals surface area contributed by atoms with Gasteiger partial charge in [0.2, 0.25) is 0 Å². The molecule has 6 heteroatoms. The van der Waals surface area contributed by atoms with E-state index in [2.05, 4.69) is 4.74 Å². The second-order valence-corrected chi connectivity index (χ2v) is 4.42. The van der Waals surface area contributed by atoms with Gasteiger partial charge in [0.1, 0.15) is 5.75 Å². The first kappa shape index (κ1) is 13.2. The Bertz CT molecular complexity index is 409. The third-order valence-electron chi connectivity index (χ3n) is 3.04. The zero-order valence-electron chi connectivity index (χ0n) is 9.78. The highest BCUT2D eigenvalue weighted by atomic mass is 19.4. The fraction of sp³-hybridized carbons (Fsp3) is 0.500. The lowest BCUT2D eigenvalue weighted by molar-refractivity contribution is -0.275. The van der Waals surface area contributed by atoms with Crippen molar-refractivity contribution in [2.24, 2.45) is 5.84 Å².